The average Bonchev–Trinajstić information content (AvgIpc) is 2.33. The minimum absolute atomic E-state index is 0.283. The van der Waals surface area contributed by atoms with Gasteiger partial charge in [-0.3, -0.25) is 0 Å². The van der Waals surface area contributed by atoms with Crippen LogP contribution in [0.3, 0.4) is 0 Å². The highest BCUT2D eigenvalue weighted by atomic mass is 16.5. The van der Waals surface area contributed by atoms with Gasteiger partial charge in [-0.15, -0.1) is 0 Å². The summed E-state index contributed by atoms with van der Waals surface area (Å²) < 4.78 is 5.61. The summed E-state index contributed by atoms with van der Waals surface area (Å²) in [6, 6.07) is 3.24. The number of carboxylic acids is 1. The Balaban J connectivity index is 2.37. The predicted octanol–water partition coefficient (Wildman–Crippen LogP) is 2.51. The number of phenolic OH excluding ortho intramolecular Hbond substituents is 1. The third-order valence-corrected chi connectivity index (χ3v) is 3.35. The number of carboxylic acid groups (broad SMARTS) is 1. The van der Waals surface area contributed by atoms with Crippen LogP contribution in [0.15, 0.2) is 12.1 Å². The zero-order valence-electron chi connectivity index (χ0n) is 10.7. The molecule has 4 heteroatoms. The van der Waals surface area contributed by atoms with Gasteiger partial charge in [-0.2, -0.15) is 0 Å². The molecule has 0 radical (unpaired) electrons. The molecule has 0 unspecified atom stereocenters. The molecule has 2 rings (SSSR count). The normalized spacial score (nSPS) is 15.0. The summed E-state index contributed by atoms with van der Waals surface area (Å²) in [5, 5.41) is 18.9. The molecule has 1 aliphatic carbocycles. The van der Waals surface area contributed by atoms with Gasteiger partial charge in [0.25, 0.3) is 0 Å². The second kappa shape index (κ2) is 4.52. The van der Waals surface area contributed by atoms with Crippen molar-refractivity contribution in [3.05, 3.63) is 23.3 Å². The largest absolute Gasteiger partial charge is 0.508 e. The van der Waals surface area contributed by atoms with E-state index in [9.17, 15) is 9.90 Å². The van der Waals surface area contributed by atoms with Crippen molar-refractivity contribution >= 4 is 5.97 Å². The van der Waals surface area contributed by atoms with E-state index in [4.69, 9.17) is 9.84 Å². The Kier molecular flexibility index (Phi) is 3.20. The van der Waals surface area contributed by atoms with Crippen molar-refractivity contribution in [2.45, 2.75) is 45.1 Å². The molecule has 2 N–H and O–H groups in total. The summed E-state index contributed by atoms with van der Waals surface area (Å²) in [5.41, 5.74) is 0.595. The van der Waals surface area contributed by atoms with Crippen LogP contribution in [0.4, 0.5) is 0 Å². The van der Waals surface area contributed by atoms with E-state index in [1.807, 2.05) is 0 Å². The van der Waals surface area contributed by atoms with Crippen molar-refractivity contribution in [3.8, 4) is 11.5 Å². The summed E-state index contributed by atoms with van der Waals surface area (Å²) in [6.45, 7) is 3.05. The second-order valence-electron chi connectivity index (χ2n) is 5.16. The molecule has 0 bridgehead atoms. The Morgan fingerprint density at radius 3 is 2.44 bits per heavy atom. The van der Waals surface area contributed by atoms with E-state index >= 15 is 0 Å². The Morgan fingerprint density at radius 2 is 1.83 bits per heavy atom. The topological polar surface area (TPSA) is 66.8 Å². The standard InChI is InChI=1S/C14H18O4/c1-14(2,13(16)17)18-12-8-7-11(15)9-5-3-4-6-10(9)12/h7-8,15H,3-6H2,1-2H3,(H,16,17). The van der Waals surface area contributed by atoms with E-state index in [0.717, 1.165) is 36.8 Å². The number of ether oxygens (including phenoxy) is 1. The minimum Gasteiger partial charge on any atom is -0.508 e. The fourth-order valence-electron chi connectivity index (χ4n) is 2.23. The van der Waals surface area contributed by atoms with Gasteiger partial charge in [0.05, 0.1) is 0 Å². The van der Waals surface area contributed by atoms with Gasteiger partial charge in [-0.05, 0) is 51.7 Å². The predicted molar refractivity (Wildman–Crippen MR) is 67.1 cm³/mol. The maximum Gasteiger partial charge on any atom is 0.347 e. The number of aliphatic carboxylic acids is 1. The molecular weight excluding hydrogens is 232 g/mol. The molecule has 0 aromatic heterocycles. The van der Waals surface area contributed by atoms with Crippen LogP contribution in [0.25, 0.3) is 0 Å². The van der Waals surface area contributed by atoms with Crippen molar-refractivity contribution in [3.63, 3.8) is 0 Å². The van der Waals surface area contributed by atoms with Gasteiger partial charge in [0.1, 0.15) is 11.5 Å². The molecule has 98 valence electrons. The third kappa shape index (κ3) is 2.28. The first kappa shape index (κ1) is 12.7. The van der Waals surface area contributed by atoms with Gasteiger partial charge >= 0.3 is 5.97 Å². The molecule has 1 aromatic carbocycles. The highest BCUT2D eigenvalue weighted by molar-refractivity contribution is 5.77. The SMILES string of the molecule is CC(C)(Oc1ccc(O)c2c1CCCC2)C(=O)O. The van der Waals surface area contributed by atoms with Crippen molar-refractivity contribution in [2.24, 2.45) is 0 Å². The fraction of sp³-hybridized carbons (Fsp3) is 0.500. The lowest BCUT2D eigenvalue weighted by atomic mass is 9.90. The number of aromatic hydroxyl groups is 1. The number of phenols is 1. The fourth-order valence-corrected chi connectivity index (χ4v) is 2.23. The van der Waals surface area contributed by atoms with E-state index in [-0.39, 0.29) is 5.75 Å². The average molecular weight is 250 g/mol. The zero-order chi connectivity index (χ0) is 13.3. The Bertz CT molecular complexity index is 477. The Labute approximate surface area is 106 Å². The van der Waals surface area contributed by atoms with E-state index < -0.39 is 11.6 Å². The molecular formula is C14H18O4. The van der Waals surface area contributed by atoms with Crippen molar-refractivity contribution in [1.82, 2.24) is 0 Å². The Hall–Kier alpha value is -1.71. The molecule has 1 aromatic rings. The van der Waals surface area contributed by atoms with Gasteiger partial charge < -0.3 is 14.9 Å². The molecule has 1 aliphatic rings. The number of hydrogen-bond donors (Lipinski definition) is 2. The zero-order valence-corrected chi connectivity index (χ0v) is 10.7. The lowest BCUT2D eigenvalue weighted by Crippen LogP contribution is -2.38. The highest BCUT2D eigenvalue weighted by Crippen LogP contribution is 2.36. The van der Waals surface area contributed by atoms with Gasteiger partial charge in [0.15, 0.2) is 5.60 Å². The molecule has 4 nitrogen and oxygen atoms in total. The molecule has 0 saturated heterocycles. The molecule has 18 heavy (non-hydrogen) atoms. The van der Waals surface area contributed by atoms with Crippen LogP contribution >= 0.6 is 0 Å². The van der Waals surface area contributed by atoms with Gasteiger partial charge in [0, 0.05) is 11.1 Å². The smallest absolute Gasteiger partial charge is 0.347 e. The molecule has 0 fully saturated rings. The van der Waals surface area contributed by atoms with E-state index in [1.54, 1.807) is 12.1 Å². The van der Waals surface area contributed by atoms with Crippen LogP contribution in [-0.2, 0) is 17.6 Å². The minimum atomic E-state index is -1.26. The quantitative estimate of drug-likeness (QED) is 0.865. The molecule has 0 amide bonds. The summed E-state index contributed by atoms with van der Waals surface area (Å²) in [4.78, 5) is 11.1. The summed E-state index contributed by atoms with van der Waals surface area (Å²) >= 11 is 0. The first-order valence-corrected chi connectivity index (χ1v) is 6.18. The van der Waals surface area contributed by atoms with Crippen molar-refractivity contribution in [2.75, 3.05) is 0 Å². The maximum atomic E-state index is 11.1. The van der Waals surface area contributed by atoms with Crippen LogP contribution < -0.4 is 4.74 Å². The van der Waals surface area contributed by atoms with E-state index in [1.165, 1.54) is 13.8 Å². The molecule has 0 atom stereocenters. The Morgan fingerprint density at radius 1 is 1.22 bits per heavy atom. The van der Waals surface area contributed by atoms with Gasteiger partial charge in [-0.1, -0.05) is 0 Å². The number of rotatable bonds is 3. The van der Waals surface area contributed by atoms with Gasteiger partial charge in [0.2, 0.25) is 0 Å². The van der Waals surface area contributed by atoms with Crippen LogP contribution in [0, 0.1) is 0 Å². The monoisotopic (exact) mass is 250 g/mol. The highest BCUT2D eigenvalue weighted by Gasteiger charge is 2.31. The number of carbonyl (C=O) groups is 1. The van der Waals surface area contributed by atoms with Crippen LogP contribution in [0.2, 0.25) is 0 Å². The van der Waals surface area contributed by atoms with Crippen molar-refractivity contribution < 1.29 is 19.7 Å². The third-order valence-electron chi connectivity index (χ3n) is 3.35. The first-order chi connectivity index (χ1) is 8.42. The lowest BCUT2D eigenvalue weighted by Gasteiger charge is -2.26. The van der Waals surface area contributed by atoms with Gasteiger partial charge in [-0.25, -0.2) is 4.79 Å². The molecule has 0 aliphatic heterocycles. The maximum absolute atomic E-state index is 11.1. The molecule has 0 heterocycles. The lowest BCUT2D eigenvalue weighted by molar-refractivity contribution is -0.152. The summed E-state index contributed by atoms with van der Waals surface area (Å²) in [5.74, 6) is -0.139. The van der Waals surface area contributed by atoms with Crippen LogP contribution in [0.1, 0.15) is 37.8 Å². The number of fused-ring (bicyclic) bond motifs is 1. The van der Waals surface area contributed by atoms with Crippen LogP contribution in [-0.4, -0.2) is 21.8 Å². The van der Waals surface area contributed by atoms with Crippen molar-refractivity contribution in [1.29, 1.82) is 0 Å². The number of hydrogen-bond acceptors (Lipinski definition) is 3. The molecule has 0 spiro atoms. The first-order valence-electron chi connectivity index (χ1n) is 6.18. The second-order valence-corrected chi connectivity index (χ2v) is 5.16. The number of benzene rings is 1. The van der Waals surface area contributed by atoms with E-state index in [2.05, 4.69) is 0 Å². The summed E-state index contributed by atoms with van der Waals surface area (Å²) in [7, 11) is 0. The summed E-state index contributed by atoms with van der Waals surface area (Å²) in [6.07, 6.45) is 3.74. The van der Waals surface area contributed by atoms with E-state index in [0.29, 0.717) is 5.75 Å². The van der Waals surface area contributed by atoms with Crippen LogP contribution in [0.5, 0.6) is 11.5 Å². The molecule has 0 saturated carbocycles.